The predicted octanol–water partition coefficient (Wildman–Crippen LogP) is 7.69. The first-order chi connectivity index (χ1) is 17.7. The third-order valence-corrected chi connectivity index (χ3v) is 18.5. The van der Waals surface area contributed by atoms with Gasteiger partial charge in [-0.2, -0.15) is 0 Å². The van der Waals surface area contributed by atoms with Gasteiger partial charge in [-0.25, -0.2) is 0 Å². The Labute approximate surface area is 227 Å². The molecular formula is C33H30IOP. The second-order valence-electron chi connectivity index (χ2n) is 9.08. The molecule has 0 N–H and O–H groups in total. The van der Waals surface area contributed by atoms with Gasteiger partial charge in [0.15, 0.2) is 0 Å². The molecule has 0 saturated heterocycles. The van der Waals surface area contributed by atoms with Gasteiger partial charge in [0.1, 0.15) is 0 Å². The van der Waals surface area contributed by atoms with Crippen molar-refractivity contribution in [2.24, 2.45) is 0 Å². The summed E-state index contributed by atoms with van der Waals surface area (Å²) in [5.41, 5.74) is 2.51. The van der Waals surface area contributed by atoms with Crippen LogP contribution in [0.5, 0.6) is 5.75 Å². The summed E-state index contributed by atoms with van der Waals surface area (Å²) in [6.07, 6.45) is 2.03. The summed E-state index contributed by atoms with van der Waals surface area (Å²) in [5.74, 6) is 0.906. The summed E-state index contributed by atoms with van der Waals surface area (Å²) >= 11 is 2.86. The SMILES string of the molecule is IP(CCc1ccc(OCc2ccccc2)cc1)(c1ccccc1)(c1ccccc1)c1ccccc1. The molecule has 0 unspecified atom stereocenters. The zero-order valence-electron chi connectivity index (χ0n) is 20.2. The molecule has 0 fully saturated rings. The van der Waals surface area contributed by atoms with Crippen LogP contribution in [0.2, 0.25) is 0 Å². The summed E-state index contributed by atoms with van der Waals surface area (Å²) in [7, 11) is 0. The van der Waals surface area contributed by atoms with Gasteiger partial charge in [-0.05, 0) is 0 Å². The number of rotatable bonds is 9. The van der Waals surface area contributed by atoms with Gasteiger partial charge < -0.3 is 0 Å². The average molecular weight is 600 g/mol. The Balaban J connectivity index is 1.47. The molecule has 0 amide bonds. The van der Waals surface area contributed by atoms with Crippen molar-refractivity contribution in [3.63, 3.8) is 0 Å². The summed E-state index contributed by atoms with van der Waals surface area (Å²) in [6.45, 7) is 0.584. The zero-order chi connectivity index (χ0) is 24.7. The zero-order valence-corrected chi connectivity index (χ0v) is 23.3. The van der Waals surface area contributed by atoms with E-state index in [0.717, 1.165) is 18.3 Å². The minimum absolute atomic E-state index is 0.584. The van der Waals surface area contributed by atoms with E-state index in [4.69, 9.17) is 4.74 Å². The summed E-state index contributed by atoms with van der Waals surface area (Å²) < 4.78 is 3.27. The first-order valence-corrected chi connectivity index (χ1v) is 17.5. The van der Waals surface area contributed by atoms with Crippen LogP contribution in [0, 0.1) is 0 Å². The van der Waals surface area contributed by atoms with E-state index < -0.39 is 4.25 Å². The van der Waals surface area contributed by atoms with Gasteiger partial charge in [0.2, 0.25) is 0 Å². The summed E-state index contributed by atoms with van der Waals surface area (Å²) in [6, 6.07) is 52.3. The fourth-order valence-corrected chi connectivity index (χ4v) is 13.2. The number of hydrogen-bond acceptors (Lipinski definition) is 1. The molecule has 0 aliphatic heterocycles. The monoisotopic (exact) mass is 600 g/mol. The molecule has 180 valence electrons. The molecule has 0 heterocycles. The molecule has 0 bridgehead atoms. The van der Waals surface area contributed by atoms with Gasteiger partial charge in [-0.1, -0.05) is 0 Å². The molecule has 0 aliphatic rings. The molecule has 0 radical (unpaired) electrons. The maximum atomic E-state index is 6.03. The molecule has 1 nitrogen and oxygen atoms in total. The number of ether oxygens (including phenoxy) is 1. The Morgan fingerprint density at radius 2 is 0.889 bits per heavy atom. The van der Waals surface area contributed by atoms with Crippen molar-refractivity contribution in [2.75, 3.05) is 6.16 Å². The number of halogens is 1. The molecular weight excluding hydrogens is 570 g/mol. The molecule has 0 spiro atoms. The van der Waals surface area contributed by atoms with Crippen molar-refractivity contribution in [3.8, 4) is 5.75 Å². The first kappa shape index (κ1) is 24.7. The Morgan fingerprint density at radius 1 is 0.472 bits per heavy atom. The third kappa shape index (κ3) is 4.98. The fraction of sp³-hybridized carbons (Fsp3) is 0.0909. The molecule has 0 saturated carbocycles. The molecule has 0 aliphatic carbocycles. The fourth-order valence-electron chi connectivity index (χ4n) is 4.88. The van der Waals surface area contributed by atoms with Gasteiger partial charge >= 0.3 is 229 Å². The summed E-state index contributed by atoms with van der Waals surface area (Å²) in [4.78, 5) is 0. The van der Waals surface area contributed by atoms with Crippen LogP contribution in [0.25, 0.3) is 0 Å². The van der Waals surface area contributed by atoms with Crippen molar-refractivity contribution in [2.45, 2.75) is 13.0 Å². The Morgan fingerprint density at radius 3 is 1.33 bits per heavy atom. The molecule has 0 aromatic heterocycles. The van der Waals surface area contributed by atoms with E-state index in [2.05, 4.69) is 149 Å². The van der Waals surface area contributed by atoms with Gasteiger partial charge in [-0.15, -0.1) is 0 Å². The topological polar surface area (TPSA) is 9.23 Å². The average Bonchev–Trinajstić information content (AvgIpc) is 2.97. The van der Waals surface area contributed by atoms with Crippen LogP contribution < -0.4 is 20.7 Å². The molecule has 5 aromatic rings. The second-order valence-corrected chi connectivity index (χ2v) is 19.8. The molecule has 3 heteroatoms. The van der Waals surface area contributed by atoms with Crippen LogP contribution in [0.3, 0.4) is 0 Å². The van der Waals surface area contributed by atoms with Gasteiger partial charge in [-0.3, -0.25) is 0 Å². The quantitative estimate of drug-likeness (QED) is 0.125. The molecule has 36 heavy (non-hydrogen) atoms. The van der Waals surface area contributed by atoms with Crippen LogP contribution in [0.15, 0.2) is 146 Å². The van der Waals surface area contributed by atoms with E-state index in [9.17, 15) is 0 Å². The predicted molar refractivity (Wildman–Crippen MR) is 165 cm³/mol. The Bertz CT molecular complexity index is 1270. The van der Waals surface area contributed by atoms with Crippen molar-refractivity contribution in [1.29, 1.82) is 0 Å². The van der Waals surface area contributed by atoms with E-state index in [-0.39, 0.29) is 0 Å². The number of hydrogen-bond donors (Lipinski definition) is 0. The maximum absolute atomic E-state index is 6.03. The van der Waals surface area contributed by atoms with Crippen LogP contribution >= 0.6 is 26.3 Å². The Kier molecular flexibility index (Phi) is 7.55. The first-order valence-electron chi connectivity index (χ1n) is 12.3. The van der Waals surface area contributed by atoms with E-state index >= 15 is 0 Å². The van der Waals surface area contributed by atoms with Crippen molar-refractivity contribution < 1.29 is 4.74 Å². The standard InChI is InChI=1S/C33H30IOP/c34-36(31-15-7-2-8-16-31,32-17-9-3-10-18-32,33-19-11-4-12-20-33)26-25-28-21-23-30(24-22-28)35-27-29-13-5-1-6-14-29/h1-24H,25-27H2. The summed E-state index contributed by atoms with van der Waals surface area (Å²) in [5, 5.41) is 4.26. The van der Waals surface area contributed by atoms with Crippen molar-refractivity contribution in [1.82, 2.24) is 0 Å². The van der Waals surface area contributed by atoms with E-state index in [0.29, 0.717) is 6.61 Å². The van der Waals surface area contributed by atoms with Crippen LogP contribution in [0.4, 0.5) is 0 Å². The minimum atomic E-state index is -2.76. The van der Waals surface area contributed by atoms with E-state index in [1.54, 1.807) is 0 Å². The molecule has 5 rings (SSSR count). The third-order valence-electron chi connectivity index (χ3n) is 6.88. The van der Waals surface area contributed by atoms with Crippen LogP contribution in [-0.2, 0) is 13.0 Å². The molecule has 5 aromatic carbocycles. The van der Waals surface area contributed by atoms with Gasteiger partial charge in [0.05, 0.1) is 0 Å². The Hall–Kier alpha value is -2.94. The van der Waals surface area contributed by atoms with E-state index in [1.807, 2.05) is 18.2 Å². The number of aryl methyl sites for hydroxylation is 1. The van der Waals surface area contributed by atoms with E-state index in [1.165, 1.54) is 27.0 Å². The van der Waals surface area contributed by atoms with Gasteiger partial charge in [0.25, 0.3) is 0 Å². The van der Waals surface area contributed by atoms with Crippen LogP contribution in [0.1, 0.15) is 11.1 Å². The normalized spacial score (nSPS) is 12.4. The second kappa shape index (κ2) is 11.0. The number of benzene rings is 5. The molecule has 0 atom stereocenters. The van der Waals surface area contributed by atoms with Gasteiger partial charge in [0, 0.05) is 0 Å². The van der Waals surface area contributed by atoms with Crippen molar-refractivity contribution >= 4 is 42.2 Å². The van der Waals surface area contributed by atoms with Crippen LogP contribution in [-0.4, -0.2) is 6.16 Å². The van der Waals surface area contributed by atoms with Crippen molar-refractivity contribution in [3.05, 3.63) is 157 Å².